The molecule has 0 aliphatic carbocycles. The number of ether oxygens (including phenoxy) is 1. The number of hydrogen-bond donors (Lipinski definition) is 1. The Morgan fingerprint density at radius 2 is 2.23 bits per heavy atom. The van der Waals surface area contributed by atoms with Gasteiger partial charge in [0.1, 0.15) is 5.75 Å². The van der Waals surface area contributed by atoms with Crippen LogP contribution in [0.4, 0.5) is 0 Å². The average molecular weight is 362 g/mol. The van der Waals surface area contributed by atoms with Crippen molar-refractivity contribution in [1.82, 2.24) is 10.4 Å². The van der Waals surface area contributed by atoms with Gasteiger partial charge in [-0.05, 0) is 44.2 Å². The van der Waals surface area contributed by atoms with Crippen LogP contribution in [-0.4, -0.2) is 23.7 Å². The monoisotopic (exact) mass is 361 g/mol. The molecular formula is C16H16BrN3O2. The molecule has 0 aliphatic heterocycles. The van der Waals surface area contributed by atoms with E-state index in [4.69, 9.17) is 4.74 Å². The molecule has 114 valence electrons. The van der Waals surface area contributed by atoms with Crippen LogP contribution in [0.15, 0.2) is 46.1 Å². The van der Waals surface area contributed by atoms with Crippen LogP contribution in [0, 0.1) is 6.92 Å². The summed E-state index contributed by atoms with van der Waals surface area (Å²) in [6.45, 7) is 4.33. The highest BCUT2D eigenvalue weighted by Crippen LogP contribution is 2.21. The van der Waals surface area contributed by atoms with Crippen molar-refractivity contribution >= 4 is 28.1 Å². The van der Waals surface area contributed by atoms with Crippen LogP contribution in [0.2, 0.25) is 0 Å². The van der Waals surface area contributed by atoms with Gasteiger partial charge in [0.2, 0.25) is 0 Å². The molecule has 0 atom stereocenters. The summed E-state index contributed by atoms with van der Waals surface area (Å²) in [6, 6.07) is 9.09. The first-order valence-corrected chi connectivity index (χ1v) is 7.58. The standard InChI is InChI=1S/C16H16BrN3O2/c1-3-22-15-7-6-14(17)8-13(15)10-19-20-16(21)12-5-4-11(2)18-9-12/h4-10H,3H2,1-2H3,(H,20,21)/b19-10-. The first kappa shape index (κ1) is 16.2. The van der Waals surface area contributed by atoms with Crippen LogP contribution in [0.3, 0.4) is 0 Å². The molecule has 0 fully saturated rings. The van der Waals surface area contributed by atoms with Crippen molar-refractivity contribution in [3.05, 3.63) is 57.8 Å². The van der Waals surface area contributed by atoms with Gasteiger partial charge in [-0.25, -0.2) is 5.43 Å². The fourth-order valence-corrected chi connectivity index (χ4v) is 2.11. The molecule has 0 aliphatic rings. The number of nitrogens with zero attached hydrogens (tertiary/aromatic N) is 2. The van der Waals surface area contributed by atoms with E-state index in [0.717, 1.165) is 15.7 Å². The van der Waals surface area contributed by atoms with Gasteiger partial charge in [-0.2, -0.15) is 5.10 Å². The van der Waals surface area contributed by atoms with Gasteiger partial charge in [-0.15, -0.1) is 0 Å². The Morgan fingerprint density at radius 1 is 1.41 bits per heavy atom. The zero-order chi connectivity index (χ0) is 15.9. The number of benzene rings is 1. The molecule has 1 heterocycles. The normalized spacial score (nSPS) is 10.7. The van der Waals surface area contributed by atoms with Crippen molar-refractivity contribution in [3.8, 4) is 5.75 Å². The third kappa shape index (κ3) is 4.39. The molecular weight excluding hydrogens is 346 g/mol. The second-order valence-electron chi connectivity index (χ2n) is 4.50. The average Bonchev–Trinajstić information content (AvgIpc) is 2.50. The van der Waals surface area contributed by atoms with Crippen LogP contribution in [-0.2, 0) is 0 Å². The third-order valence-corrected chi connectivity index (χ3v) is 3.31. The van der Waals surface area contributed by atoms with Crippen molar-refractivity contribution in [3.63, 3.8) is 0 Å². The molecule has 22 heavy (non-hydrogen) atoms. The number of amides is 1. The summed E-state index contributed by atoms with van der Waals surface area (Å²) in [5.74, 6) is 0.400. The molecule has 0 unspecified atom stereocenters. The number of carbonyl (C=O) groups is 1. The number of halogens is 1. The predicted octanol–water partition coefficient (Wildman–Crippen LogP) is 3.32. The maximum absolute atomic E-state index is 11.9. The van der Waals surface area contributed by atoms with Gasteiger partial charge < -0.3 is 4.74 Å². The number of hydrazone groups is 1. The molecule has 1 N–H and O–H groups in total. The predicted molar refractivity (Wildman–Crippen MR) is 89.3 cm³/mol. The van der Waals surface area contributed by atoms with Crippen molar-refractivity contribution in [2.24, 2.45) is 5.10 Å². The van der Waals surface area contributed by atoms with E-state index in [9.17, 15) is 4.79 Å². The zero-order valence-corrected chi connectivity index (χ0v) is 13.9. The van der Waals surface area contributed by atoms with Gasteiger partial charge in [-0.1, -0.05) is 15.9 Å². The van der Waals surface area contributed by atoms with E-state index in [0.29, 0.717) is 17.9 Å². The van der Waals surface area contributed by atoms with Gasteiger partial charge in [0.15, 0.2) is 0 Å². The first-order valence-electron chi connectivity index (χ1n) is 6.78. The Morgan fingerprint density at radius 3 is 2.91 bits per heavy atom. The van der Waals surface area contributed by atoms with Crippen LogP contribution in [0.1, 0.15) is 28.5 Å². The van der Waals surface area contributed by atoms with Crippen LogP contribution in [0.25, 0.3) is 0 Å². The number of aromatic nitrogens is 1. The largest absolute Gasteiger partial charge is 0.493 e. The number of carbonyl (C=O) groups excluding carboxylic acids is 1. The number of hydrogen-bond acceptors (Lipinski definition) is 4. The summed E-state index contributed by atoms with van der Waals surface area (Å²) in [7, 11) is 0. The molecule has 5 nitrogen and oxygen atoms in total. The van der Waals surface area contributed by atoms with Crippen LogP contribution >= 0.6 is 15.9 Å². The SMILES string of the molecule is CCOc1ccc(Br)cc1/C=N\NC(=O)c1ccc(C)nc1. The molecule has 0 saturated heterocycles. The molecule has 2 rings (SSSR count). The first-order chi connectivity index (χ1) is 10.6. The number of aryl methyl sites for hydroxylation is 1. The Kier molecular flexibility index (Phi) is 5.66. The van der Waals surface area contributed by atoms with Crippen LogP contribution in [0.5, 0.6) is 5.75 Å². The lowest BCUT2D eigenvalue weighted by Gasteiger charge is -2.07. The van der Waals surface area contributed by atoms with Gasteiger partial charge in [0, 0.05) is 21.9 Å². The Balaban J connectivity index is 2.07. The summed E-state index contributed by atoms with van der Waals surface area (Å²) in [5, 5.41) is 3.97. The summed E-state index contributed by atoms with van der Waals surface area (Å²) in [4.78, 5) is 16.0. The van der Waals surface area contributed by atoms with Gasteiger partial charge in [0.25, 0.3) is 5.91 Å². The molecule has 6 heteroatoms. The van der Waals surface area contributed by atoms with Crippen molar-refractivity contribution in [2.45, 2.75) is 13.8 Å². The molecule has 0 spiro atoms. The lowest BCUT2D eigenvalue weighted by molar-refractivity contribution is 0.0954. The van der Waals surface area contributed by atoms with Crippen molar-refractivity contribution in [1.29, 1.82) is 0 Å². The molecule has 1 aromatic heterocycles. The highest BCUT2D eigenvalue weighted by atomic mass is 79.9. The summed E-state index contributed by atoms with van der Waals surface area (Å²) < 4.78 is 6.42. The minimum absolute atomic E-state index is 0.309. The molecule has 1 aromatic carbocycles. The maximum Gasteiger partial charge on any atom is 0.272 e. The number of rotatable bonds is 5. The minimum atomic E-state index is -0.309. The fourth-order valence-electron chi connectivity index (χ4n) is 1.73. The van der Waals surface area contributed by atoms with Gasteiger partial charge in [0.05, 0.1) is 18.4 Å². The smallest absolute Gasteiger partial charge is 0.272 e. The maximum atomic E-state index is 11.9. The lowest BCUT2D eigenvalue weighted by atomic mass is 10.2. The molecule has 0 bridgehead atoms. The zero-order valence-electron chi connectivity index (χ0n) is 12.3. The summed E-state index contributed by atoms with van der Waals surface area (Å²) >= 11 is 3.40. The Hall–Kier alpha value is -2.21. The van der Waals surface area contributed by atoms with Crippen molar-refractivity contribution < 1.29 is 9.53 Å². The minimum Gasteiger partial charge on any atom is -0.493 e. The third-order valence-electron chi connectivity index (χ3n) is 2.81. The van der Waals surface area contributed by atoms with E-state index < -0.39 is 0 Å². The van der Waals surface area contributed by atoms with E-state index in [1.165, 1.54) is 6.20 Å². The number of pyridine rings is 1. The second kappa shape index (κ2) is 7.70. The second-order valence-corrected chi connectivity index (χ2v) is 5.42. The van der Waals surface area contributed by atoms with E-state index >= 15 is 0 Å². The Labute approximate surface area is 137 Å². The van der Waals surface area contributed by atoms with Crippen molar-refractivity contribution in [2.75, 3.05) is 6.61 Å². The van der Waals surface area contributed by atoms with E-state index in [1.807, 2.05) is 32.0 Å². The number of nitrogens with one attached hydrogen (secondary N) is 1. The van der Waals surface area contributed by atoms with E-state index in [1.54, 1.807) is 18.3 Å². The van der Waals surface area contributed by atoms with Crippen LogP contribution < -0.4 is 10.2 Å². The Bertz CT molecular complexity index is 684. The molecule has 2 aromatic rings. The quantitative estimate of drug-likeness (QED) is 0.656. The molecule has 0 saturated carbocycles. The molecule has 1 amide bonds. The van der Waals surface area contributed by atoms with Gasteiger partial charge >= 0.3 is 0 Å². The fraction of sp³-hybridized carbons (Fsp3) is 0.188. The highest BCUT2D eigenvalue weighted by Gasteiger charge is 2.05. The summed E-state index contributed by atoms with van der Waals surface area (Å²) in [5.41, 5.74) is 4.57. The lowest BCUT2D eigenvalue weighted by Crippen LogP contribution is -2.17. The topological polar surface area (TPSA) is 63.6 Å². The van der Waals surface area contributed by atoms with E-state index in [-0.39, 0.29) is 5.91 Å². The van der Waals surface area contributed by atoms with E-state index in [2.05, 4.69) is 31.4 Å². The highest BCUT2D eigenvalue weighted by molar-refractivity contribution is 9.10. The summed E-state index contributed by atoms with van der Waals surface area (Å²) in [6.07, 6.45) is 3.07. The molecule has 0 radical (unpaired) electrons. The van der Waals surface area contributed by atoms with Gasteiger partial charge in [-0.3, -0.25) is 9.78 Å².